The molecule has 0 aliphatic rings. The number of nitrogens with two attached hydrogens (primary N) is 1. The summed E-state index contributed by atoms with van der Waals surface area (Å²) in [6.45, 7) is 4.41. The molecule has 0 saturated heterocycles. The molecule has 0 aliphatic carbocycles. The number of nitrogens with zero attached hydrogens (tertiary/aromatic N) is 2. The Balaban J connectivity index is 2.23. The summed E-state index contributed by atoms with van der Waals surface area (Å²) < 4.78 is 1.99. The first-order valence-corrected chi connectivity index (χ1v) is 8.69. The van der Waals surface area contributed by atoms with E-state index < -0.39 is 0 Å². The van der Waals surface area contributed by atoms with Crippen LogP contribution >= 0.6 is 0 Å². The average Bonchev–Trinajstić information content (AvgIpc) is 2.85. The molecule has 1 aromatic heterocycles. The lowest BCUT2D eigenvalue weighted by Gasteiger charge is -2.15. The van der Waals surface area contributed by atoms with Crippen molar-refractivity contribution >= 4 is 0 Å². The summed E-state index contributed by atoms with van der Waals surface area (Å²) in [6, 6.07) is 2.57. The summed E-state index contributed by atoms with van der Waals surface area (Å²) in [5, 5.41) is 4.50. The standard InChI is InChI=1S/C17H34N4/c1-4-6-7-8-9-10-11-12-16(19-18)14-17-13-15(5-2)20-21(17)3/h13,16,19H,4-12,14,18H2,1-3H3. The first-order chi connectivity index (χ1) is 10.2. The van der Waals surface area contributed by atoms with Gasteiger partial charge < -0.3 is 0 Å². The van der Waals surface area contributed by atoms with E-state index in [1.165, 1.54) is 56.3 Å². The van der Waals surface area contributed by atoms with E-state index in [-0.39, 0.29) is 0 Å². The van der Waals surface area contributed by atoms with Crippen LogP contribution in [0.15, 0.2) is 6.07 Å². The molecule has 0 amide bonds. The molecule has 0 aromatic carbocycles. The van der Waals surface area contributed by atoms with E-state index >= 15 is 0 Å². The van der Waals surface area contributed by atoms with E-state index in [1.807, 2.05) is 11.7 Å². The van der Waals surface area contributed by atoms with Crippen LogP contribution in [0.2, 0.25) is 0 Å². The zero-order valence-electron chi connectivity index (χ0n) is 14.2. The summed E-state index contributed by atoms with van der Waals surface area (Å²) in [5.74, 6) is 5.71. The molecular formula is C17H34N4. The van der Waals surface area contributed by atoms with E-state index in [1.54, 1.807) is 0 Å². The summed E-state index contributed by atoms with van der Waals surface area (Å²) in [6.07, 6.45) is 12.5. The van der Waals surface area contributed by atoms with E-state index in [4.69, 9.17) is 5.84 Å². The summed E-state index contributed by atoms with van der Waals surface area (Å²) >= 11 is 0. The number of aromatic nitrogens is 2. The van der Waals surface area contributed by atoms with E-state index in [0.717, 1.165) is 19.3 Å². The monoisotopic (exact) mass is 294 g/mol. The summed E-state index contributed by atoms with van der Waals surface area (Å²) in [7, 11) is 2.02. The van der Waals surface area contributed by atoms with Crippen LogP contribution in [0.4, 0.5) is 0 Å². The SMILES string of the molecule is CCCCCCCCCC(Cc1cc(CC)nn1C)NN. The van der Waals surface area contributed by atoms with Crippen molar-refractivity contribution in [2.24, 2.45) is 12.9 Å². The van der Waals surface area contributed by atoms with Crippen LogP contribution in [-0.4, -0.2) is 15.8 Å². The molecular weight excluding hydrogens is 260 g/mol. The van der Waals surface area contributed by atoms with Crippen molar-refractivity contribution in [1.29, 1.82) is 0 Å². The second-order valence-corrected chi connectivity index (χ2v) is 6.08. The topological polar surface area (TPSA) is 55.9 Å². The van der Waals surface area contributed by atoms with Crippen molar-refractivity contribution in [2.45, 2.75) is 84.1 Å². The maximum atomic E-state index is 5.71. The van der Waals surface area contributed by atoms with Gasteiger partial charge in [-0.2, -0.15) is 5.10 Å². The van der Waals surface area contributed by atoms with Crippen LogP contribution in [-0.2, 0) is 19.9 Å². The third-order valence-corrected chi connectivity index (χ3v) is 4.24. The third-order valence-electron chi connectivity index (χ3n) is 4.24. The molecule has 21 heavy (non-hydrogen) atoms. The molecule has 0 bridgehead atoms. The van der Waals surface area contributed by atoms with Gasteiger partial charge in [-0.05, 0) is 18.9 Å². The van der Waals surface area contributed by atoms with E-state index in [0.29, 0.717) is 6.04 Å². The van der Waals surface area contributed by atoms with Gasteiger partial charge in [0.1, 0.15) is 0 Å². The second kappa shape index (κ2) is 10.8. The zero-order chi connectivity index (χ0) is 15.5. The number of hydrogen-bond acceptors (Lipinski definition) is 3. The number of rotatable bonds is 12. The third kappa shape index (κ3) is 7.09. The smallest absolute Gasteiger partial charge is 0.0624 e. The second-order valence-electron chi connectivity index (χ2n) is 6.08. The minimum Gasteiger partial charge on any atom is -0.272 e. The molecule has 0 saturated carbocycles. The fourth-order valence-electron chi connectivity index (χ4n) is 2.78. The van der Waals surface area contributed by atoms with Crippen LogP contribution in [0.25, 0.3) is 0 Å². The minimum absolute atomic E-state index is 0.362. The largest absolute Gasteiger partial charge is 0.272 e. The van der Waals surface area contributed by atoms with Gasteiger partial charge in [-0.3, -0.25) is 16.0 Å². The normalized spacial score (nSPS) is 12.8. The summed E-state index contributed by atoms with van der Waals surface area (Å²) in [4.78, 5) is 0. The van der Waals surface area contributed by atoms with Gasteiger partial charge >= 0.3 is 0 Å². The maximum Gasteiger partial charge on any atom is 0.0624 e. The summed E-state index contributed by atoms with van der Waals surface area (Å²) in [5.41, 5.74) is 5.42. The Morgan fingerprint density at radius 2 is 1.81 bits per heavy atom. The maximum absolute atomic E-state index is 5.71. The van der Waals surface area contributed by atoms with Gasteiger partial charge in [0.05, 0.1) is 5.69 Å². The van der Waals surface area contributed by atoms with Gasteiger partial charge in [-0.15, -0.1) is 0 Å². The van der Waals surface area contributed by atoms with Crippen LogP contribution < -0.4 is 11.3 Å². The van der Waals surface area contributed by atoms with Crippen molar-refractivity contribution < 1.29 is 0 Å². The number of hydrogen-bond donors (Lipinski definition) is 2. The minimum atomic E-state index is 0.362. The van der Waals surface area contributed by atoms with Crippen molar-refractivity contribution in [3.8, 4) is 0 Å². The van der Waals surface area contributed by atoms with Gasteiger partial charge in [0.2, 0.25) is 0 Å². The van der Waals surface area contributed by atoms with Crippen LogP contribution in [0.3, 0.4) is 0 Å². The first-order valence-electron chi connectivity index (χ1n) is 8.69. The zero-order valence-corrected chi connectivity index (χ0v) is 14.2. The molecule has 1 aromatic rings. The molecule has 0 radical (unpaired) electrons. The van der Waals surface area contributed by atoms with Crippen molar-refractivity contribution in [2.75, 3.05) is 0 Å². The number of aryl methyl sites for hydroxylation is 2. The highest BCUT2D eigenvalue weighted by molar-refractivity contribution is 5.11. The predicted octanol–water partition coefficient (Wildman–Crippen LogP) is 3.50. The number of nitrogens with one attached hydrogen (secondary N) is 1. The lowest BCUT2D eigenvalue weighted by Crippen LogP contribution is -2.37. The predicted molar refractivity (Wildman–Crippen MR) is 90.0 cm³/mol. The Morgan fingerprint density at radius 3 is 2.38 bits per heavy atom. The van der Waals surface area contributed by atoms with Gasteiger partial charge in [-0.25, -0.2) is 0 Å². The lowest BCUT2D eigenvalue weighted by atomic mass is 10.0. The molecule has 1 atom stereocenters. The Labute approximate surface area is 130 Å². The van der Waals surface area contributed by atoms with Gasteiger partial charge in [0.15, 0.2) is 0 Å². The number of unbranched alkanes of at least 4 members (excludes halogenated alkanes) is 6. The van der Waals surface area contributed by atoms with Gasteiger partial charge in [-0.1, -0.05) is 58.8 Å². The highest BCUT2D eigenvalue weighted by Gasteiger charge is 2.11. The molecule has 122 valence electrons. The van der Waals surface area contributed by atoms with E-state index in [2.05, 4.69) is 30.4 Å². The van der Waals surface area contributed by atoms with Gasteiger partial charge in [0, 0.05) is 25.2 Å². The molecule has 4 heteroatoms. The highest BCUT2D eigenvalue weighted by atomic mass is 15.3. The average molecular weight is 294 g/mol. The molecule has 1 unspecified atom stereocenters. The molecule has 0 spiro atoms. The molecule has 0 aliphatic heterocycles. The molecule has 1 rings (SSSR count). The van der Waals surface area contributed by atoms with E-state index in [9.17, 15) is 0 Å². The van der Waals surface area contributed by atoms with Crippen LogP contribution in [0.1, 0.15) is 76.6 Å². The van der Waals surface area contributed by atoms with Crippen molar-refractivity contribution in [3.63, 3.8) is 0 Å². The highest BCUT2D eigenvalue weighted by Crippen LogP contribution is 2.13. The molecule has 3 N–H and O–H groups in total. The Hall–Kier alpha value is -0.870. The lowest BCUT2D eigenvalue weighted by molar-refractivity contribution is 0.449. The Kier molecular flexibility index (Phi) is 9.35. The fraction of sp³-hybridized carbons (Fsp3) is 0.824. The van der Waals surface area contributed by atoms with Crippen LogP contribution in [0, 0.1) is 0 Å². The van der Waals surface area contributed by atoms with Crippen molar-refractivity contribution in [1.82, 2.24) is 15.2 Å². The first kappa shape index (κ1) is 18.2. The molecule has 0 fully saturated rings. The van der Waals surface area contributed by atoms with Crippen molar-refractivity contribution in [3.05, 3.63) is 17.5 Å². The molecule has 4 nitrogen and oxygen atoms in total. The quantitative estimate of drug-likeness (QED) is 0.352. The Morgan fingerprint density at radius 1 is 1.14 bits per heavy atom. The Bertz CT molecular complexity index is 373. The van der Waals surface area contributed by atoms with Gasteiger partial charge in [0.25, 0.3) is 0 Å². The van der Waals surface area contributed by atoms with Crippen LogP contribution in [0.5, 0.6) is 0 Å². The number of hydrazine groups is 1. The fourth-order valence-corrected chi connectivity index (χ4v) is 2.78. The molecule has 1 heterocycles.